The van der Waals surface area contributed by atoms with E-state index in [1.807, 2.05) is 36.1 Å². The molecule has 8 heteroatoms. The molecule has 0 aromatic heterocycles. The third-order valence-electron chi connectivity index (χ3n) is 5.86. The molecule has 4 unspecified atom stereocenters. The van der Waals surface area contributed by atoms with Crippen molar-refractivity contribution in [1.82, 2.24) is 15.5 Å². The predicted molar refractivity (Wildman–Crippen MR) is 112 cm³/mol. The zero-order chi connectivity index (χ0) is 19.5. The van der Waals surface area contributed by atoms with Crippen LogP contribution in [-0.2, 0) is 9.59 Å². The molecule has 2 N–H and O–H groups in total. The number of likely N-dealkylation sites (tertiary alicyclic amines) is 1. The van der Waals surface area contributed by atoms with Gasteiger partial charge in [-0.25, -0.2) is 0 Å². The van der Waals surface area contributed by atoms with E-state index in [1.165, 1.54) is 0 Å². The molecule has 2 saturated heterocycles. The molecule has 3 heterocycles. The van der Waals surface area contributed by atoms with Crippen molar-refractivity contribution < 1.29 is 19.1 Å². The Balaban J connectivity index is 0.00000240. The Kier molecular flexibility index (Phi) is 7.24. The number of nitrogens with one attached hydrogen (secondary N) is 2. The molecule has 7 nitrogen and oxygen atoms in total. The molecule has 2 amide bonds. The summed E-state index contributed by atoms with van der Waals surface area (Å²) in [6, 6.07) is 7.38. The summed E-state index contributed by atoms with van der Waals surface area (Å²) < 4.78 is 11.8. The van der Waals surface area contributed by atoms with Gasteiger partial charge in [0.2, 0.25) is 12.0 Å². The van der Waals surface area contributed by atoms with Crippen molar-refractivity contribution in [1.29, 1.82) is 0 Å². The highest BCUT2D eigenvalue weighted by atomic mass is 35.5. The van der Waals surface area contributed by atoms with Crippen molar-refractivity contribution in [3.8, 4) is 11.5 Å². The maximum atomic E-state index is 13.1. The fourth-order valence-electron chi connectivity index (χ4n) is 4.28. The van der Waals surface area contributed by atoms with E-state index in [0.29, 0.717) is 24.6 Å². The lowest BCUT2D eigenvalue weighted by Gasteiger charge is -2.38. The van der Waals surface area contributed by atoms with Gasteiger partial charge in [-0.15, -0.1) is 12.4 Å². The minimum Gasteiger partial charge on any atom is -0.482 e. The summed E-state index contributed by atoms with van der Waals surface area (Å²) in [5, 5.41) is 6.28. The first kappa shape index (κ1) is 21.7. The normalized spacial score (nSPS) is 28.4. The van der Waals surface area contributed by atoms with Crippen molar-refractivity contribution in [3.05, 3.63) is 24.3 Å². The first-order chi connectivity index (χ1) is 13.6. The molecular formula is C21H30ClN3O4. The van der Waals surface area contributed by atoms with Gasteiger partial charge in [0.05, 0.1) is 6.04 Å². The number of fused-ring (bicyclic) bond motifs is 1. The van der Waals surface area contributed by atoms with E-state index in [9.17, 15) is 9.59 Å². The molecule has 4 atom stereocenters. The number of halogens is 1. The number of nitrogens with zero attached hydrogens (tertiary/aromatic N) is 1. The summed E-state index contributed by atoms with van der Waals surface area (Å²) >= 11 is 0. The molecule has 3 aliphatic rings. The van der Waals surface area contributed by atoms with Crippen LogP contribution in [0.15, 0.2) is 24.3 Å². The number of carbonyl (C=O) groups excluding carboxylic acids is 2. The minimum absolute atomic E-state index is 0. The molecule has 160 valence electrons. The quantitative estimate of drug-likeness (QED) is 0.771. The first-order valence-corrected chi connectivity index (χ1v) is 10.3. The van der Waals surface area contributed by atoms with E-state index in [1.54, 1.807) is 0 Å². The van der Waals surface area contributed by atoms with Crippen LogP contribution in [0.25, 0.3) is 0 Å². The zero-order valence-electron chi connectivity index (χ0n) is 16.8. The maximum absolute atomic E-state index is 13.1. The second-order valence-electron chi connectivity index (χ2n) is 7.99. The fourth-order valence-corrected chi connectivity index (χ4v) is 4.28. The Morgan fingerprint density at radius 2 is 1.93 bits per heavy atom. The van der Waals surface area contributed by atoms with Crippen LogP contribution in [0, 0.1) is 5.92 Å². The molecular weight excluding hydrogens is 394 g/mol. The summed E-state index contributed by atoms with van der Waals surface area (Å²) in [7, 11) is 0. The van der Waals surface area contributed by atoms with E-state index < -0.39 is 6.10 Å². The summed E-state index contributed by atoms with van der Waals surface area (Å²) in [4.78, 5) is 27.2. The number of hydrogen-bond acceptors (Lipinski definition) is 5. The number of carbonyl (C=O) groups is 2. The molecule has 29 heavy (non-hydrogen) atoms. The third-order valence-corrected chi connectivity index (χ3v) is 5.86. The fraction of sp³-hybridized carbons (Fsp3) is 0.619. The number of ether oxygens (including phenoxy) is 2. The van der Waals surface area contributed by atoms with Crippen LogP contribution in [0.2, 0.25) is 0 Å². The van der Waals surface area contributed by atoms with Gasteiger partial charge in [-0.3, -0.25) is 9.59 Å². The molecule has 0 bridgehead atoms. The van der Waals surface area contributed by atoms with Crippen molar-refractivity contribution in [2.45, 2.75) is 50.9 Å². The van der Waals surface area contributed by atoms with Gasteiger partial charge in [-0.1, -0.05) is 12.1 Å². The molecule has 2 fully saturated rings. The Labute approximate surface area is 177 Å². The lowest BCUT2D eigenvalue weighted by molar-refractivity contribution is -0.146. The highest BCUT2D eigenvalue weighted by Gasteiger charge is 2.38. The van der Waals surface area contributed by atoms with E-state index >= 15 is 0 Å². The van der Waals surface area contributed by atoms with Gasteiger partial charge in [-0.05, 0) is 57.2 Å². The zero-order valence-corrected chi connectivity index (χ0v) is 17.6. The Hall–Kier alpha value is -1.99. The van der Waals surface area contributed by atoms with Crippen LogP contribution >= 0.6 is 12.4 Å². The van der Waals surface area contributed by atoms with Gasteiger partial charge in [0, 0.05) is 19.6 Å². The molecule has 0 radical (unpaired) electrons. The Bertz CT molecular complexity index is 726. The lowest BCUT2D eigenvalue weighted by atomic mass is 9.97. The van der Waals surface area contributed by atoms with E-state index in [4.69, 9.17) is 9.47 Å². The van der Waals surface area contributed by atoms with Gasteiger partial charge in [0.15, 0.2) is 11.5 Å². The molecule has 1 aromatic carbocycles. The van der Waals surface area contributed by atoms with Crippen LogP contribution in [0.3, 0.4) is 0 Å². The first-order valence-electron chi connectivity index (χ1n) is 10.3. The molecule has 4 rings (SSSR count). The van der Waals surface area contributed by atoms with Gasteiger partial charge < -0.3 is 25.0 Å². The van der Waals surface area contributed by atoms with Crippen molar-refractivity contribution in [2.24, 2.45) is 5.92 Å². The number of rotatable bonds is 4. The summed E-state index contributed by atoms with van der Waals surface area (Å²) in [5.41, 5.74) is 0. The standard InChI is InChI=1S/C21H29N3O4.ClH/c1-14-19(28-18-9-3-2-8-17(18)27-14)21(26)24-11-5-6-15(13-24)12-23-20(25)16-7-4-10-22-16;/h2-3,8-9,14-16,19,22H,4-7,10-13H2,1H3,(H,23,25);1H. The van der Waals surface area contributed by atoms with E-state index in [-0.39, 0.29) is 42.3 Å². The third kappa shape index (κ3) is 4.95. The smallest absolute Gasteiger partial charge is 0.267 e. The molecule has 0 aliphatic carbocycles. The highest BCUT2D eigenvalue weighted by molar-refractivity contribution is 5.85. The Morgan fingerprint density at radius 3 is 2.66 bits per heavy atom. The topological polar surface area (TPSA) is 79.9 Å². The van der Waals surface area contributed by atoms with Crippen LogP contribution in [0.1, 0.15) is 32.6 Å². The van der Waals surface area contributed by atoms with E-state index in [2.05, 4.69) is 10.6 Å². The van der Waals surface area contributed by atoms with Crippen LogP contribution in [0.5, 0.6) is 11.5 Å². The highest BCUT2D eigenvalue weighted by Crippen LogP contribution is 2.34. The average molecular weight is 424 g/mol. The SMILES string of the molecule is CC1Oc2ccccc2OC1C(=O)N1CCCC(CNC(=O)C2CCCN2)C1.Cl. The molecule has 3 aliphatic heterocycles. The van der Waals surface area contributed by atoms with E-state index in [0.717, 1.165) is 38.8 Å². The number of piperidine rings is 1. The second-order valence-corrected chi connectivity index (χ2v) is 7.99. The van der Waals surface area contributed by atoms with Gasteiger partial charge in [-0.2, -0.15) is 0 Å². The monoisotopic (exact) mass is 423 g/mol. The average Bonchev–Trinajstić information content (AvgIpc) is 3.26. The van der Waals surface area contributed by atoms with Crippen molar-refractivity contribution >= 4 is 24.2 Å². The van der Waals surface area contributed by atoms with Crippen LogP contribution in [-0.4, -0.2) is 61.1 Å². The van der Waals surface area contributed by atoms with Gasteiger partial charge >= 0.3 is 0 Å². The molecule has 0 saturated carbocycles. The van der Waals surface area contributed by atoms with Crippen molar-refractivity contribution in [2.75, 3.05) is 26.2 Å². The van der Waals surface area contributed by atoms with Gasteiger partial charge in [0.25, 0.3) is 5.91 Å². The minimum atomic E-state index is -0.633. The molecule has 0 spiro atoms. The van der Waals surface area contributed by atoms with Crippen LogP contribution < -0.4 is 20.1 Å². The predicted octanol–water partition coefficient (Wildman–Crippen LogP) is 1.74. The van der Waals surface area contributed by atoms with Gasteiger partial charge in [0.1, 0.15) is 6.10 Å². The lowest BCUT2D eigenvalue weighted by Crippen LogP contribution is -2.54. The Morgan fingerprint density at radius 1 is 1.17 bits per heavy atom. The summed E-state index contributed by atoms with van der Waals surface area (Å²) in [6.45, 7) is 4.76. The van der Waals surface area contributed by atoms with Crippen LogP contribution in [0.4, 0.5) is 0 Å². The summed E-state index contributed by atoms with van der Waals surface area (Å²) in [5.74, 6) is 1.61. The van der Waals surface area contributed by atoms with Crippen molar-refractivity contribution in [3.63, 3.8) is 0 Å². The number of hydrogen-bond donors (Lipinski definition) is 2. The number of benzene rings is 1. The molecule has 1 aromatic rings. The number of amides is 2. The largest absolute Gasteiger partial charge is 0.482 e. The number of para-hydroxylation sites is 2. The maximum Gasteiger partial charge on any atom is 0.267 e. The summed E-state index contributed by atoms with van der Waals surface area (Å²) in [6.07, 6.45) is 2.94. The second kappa shape index (κ2) is 9.67.